The fraction of sp³-hybridized carbons (Fsp3) is 0.208. The molecule has 0 aliphatic carbocycles. The zero-order valence-corrected chi connectivity index (χ0v) is 17.9. The highest BCUT2D eigenvalue weighted by molar-refractivity contribution is 7.98. The number of fused-ring (bicyclic) bond motifs is 1. The Labute approximate surface area is 179 Å². The highest BCUT2D eigenvalue weighted by Gasteiger charge is 2.14. The summed E-state index contributed by atoms with van der Waals surface area (Å²) in [7, 11) is 0. The Morgan fingerprint density at radius 2 is 1.87 bits per heavy atom. The first-order valence-electron chi connectivity index (χ1n) is 9.79. The zero-order valence-electron chi connectivity index (χ0n) is 17.1. The van der Waals surface area contributed by atoms with Crippen molar-refractivity contribution in [1.29, 1.82) is 0 Å². The summed E-state index contributed by atoms with van der Waals surface area (Å²) in [5.41, 5.74) is 4.68. The Kier molecular flexibility index (Phi) is 5.86. The van der Waals surface area contributed by atoms with Gasteiger partial charge in [-0.05, 0) is 48.2 Å². The fourth-order valence-electron chi connectivity index (χ4n) is 3.39. The molecule has 5 nitrogen and oxygen atoms in total. The maximum absolute atomic E-state index is 12.1. The van der Waals surface area contributed by atoms with E-state index in [1.165, 1.54) is 11.1 Å². The van der Waals surface area contributed by atoms with E-state index in [0.717, 1.165) is 27.5 Å². The Morgan fingerprint density at radius 3 is 2.63 bits per heavy atom. The molecular formula is C24H23N3O2S. The number of aromatic nitrogens is 3. The van der Waals surface area contributed by atoms with Gasteiger partial charge in [-0.15, -0.1) is 16.8 Å². The van der Waals surface area contributed by atoms with Gasteiger partial charge in [0, 0.05) is 30.2 Å². The van der Waals surface area contributed by atoms with Crippen molar-refractivity contribution in [2.75, 3.05) is 0 Å². The topological polar surface area (TPSA) is 60.9 Å². The molecule has 0 radical (unpaired) electrons. The van der Waals surface area contributed by atoms with Gasteiger partial charge in [-0.3, -0.25) is 0 Å². The quantitative estimate of drug-likeness (QED) is 0.239. The molecule has 6 heteroatoms. The van der Waals surface area contributed by atoms with Crippen LogP contribution in [0.25, 0.3) is 11.0 Å². The highest BCUT2D eigenvalue weighted by atomic mass is 32.2. The van der Waals surface area contributed by atoms with Crippen LogP contribution in [0.5, 0.6) is 0 Å². The number of hydrogen-bond donors (Lipinski definition) is 0. The number of rotatable bonds is 7. The first kappa shape index (κ1) is 20.2. The maximum Gasteiger partial charge on any atom is 0.336 e. The lowest BCUT2D eigenvalue weighted by molar-refractivity contribution is 0.559. The number of thioether (sulfide) groups is 1. The Bertz CT molecular complexity index is 1260. The van der Waals surface area contributed by atoms with Crippen LogP contribution in [0, 0.1) is 13.8 Å². The van der Waals surface area contributed by atoms with Crippen LogP contribution >= 0.6 is 11.8 Å². The van der Waals surface area contributed by atoms with E-state index in [2.05, 4.69) is 46.5 Å². The van der Waals surface area contributed by atoms with Crippen LogP contribution in [-0.4, -0.2) is 14.8 Å². The predicted octanol–water partition coefficient (Wildman–Crippen LogP) is 5.07. The Morgan fingerprint density at radius 1 is 1.10 bits per heavy atom. The zero-order chi connectivity index (χ0) is 21.1. The number of benzene rings is 2. The van der Waals surface area contributed by atoms with Gasteiger partial charge in [-0.25, -0.2) is 4.79 Å². The number of aryl methyl sites for hydroxylation is 2. The van der Waals surface area contributed by atoms with Gasteiger partial charge in [0.25, 0.3) is 0 Å². The van der Waals surface area contributed by atoms with Crippen molar-refractivity contribution in [3.05, 3.63) is 99.7 Å². The average Bonchev–Trinajstić information content (AvgIpc) is 3.10. The molecule has 152 valence electrons. The van der Waals surface area contributed by atoms with E-state index in [1.807, 2.05) is 37.3 Å². The summed E-state index contributed by atoms with van der Waals surface area (Å²) in [4.78, 5) is 12.1. The van der Waals surface area contributed by atoms with Crippen LogP contribution in [0.4, 0.5) is 0 Å². The summed E-state index contributed by atoms with van der Waals surface area (Å²) in [5.74, 6) is 1.50. The van der Waals surface area contributed by atoms with Crippen LogP contribution in [0.1, 0.15) is 28.1 Å². The normalized spacial score (nSPS) is 11.1. The van der Waals surface area contributed by atoms with Gasteiger partial charge in [0.1, 0.15) is 11.4 Å². The molecule has 0 amide bonds. The molecule has 0 atom stereocenters. The minimum absolute atomic E-state index is 0.335. The summed E-state index contributed by atoms with van der Waals surface area (Å²) in [6.07, 6.45) is 2.55. The third-order valence-electron chi connectivity index (χ3n) is 5.11. The van der Waals surface area contributed by atoms with Crippen molar-refractivity contribution in [3.8, 4) is 0 Å². The lowest BCUT2D eigenvalue weighted by Crippen LogP contribution is -2.05. The first-order valence-corrected chi connectivity index (χ1v) is 10.8. The second-order valence-corrected chi connectivity index (χ2v) is 8.21. The van der Waals surface area contributed by atoms with Crippen molar-refractivity contribution < 1.29 is 4.42 Å². The van der Waals surface area contributed by atoms with Crippen LogP contribution in [0.15, 0.2) is 75.6 Å². The molecule has 0 aliphatic heterocycles. The van der Waals surface area contributed by atoms with E-state index in [1.54, 1.807) is 17.8 Å². The van der Waals surface area contributed by atoms with Crippen molar-refractivity contribution in [1.82, 2.24) is 14.8 Å². The number of nitrogens with zero attached hydrogens (tertiary/aromatic N) is 3. The minimum atomic E-state index is -0.335. The molecule has 0 spiro atoms. The molecule has 0 bridgehead atoms. The van der Waals surface area contributed by atoms with Crippen molar-refractivity contribution in [2.24, 2.45) is 0 Å². The van der Waals surface area contributed by atoms with Crippen LogP contribution < -0.4 is 5.63 Å². The van der Waals surface area contributed by atoms with Gasteiger partial charge >= 0.3 is 5.63 Å². The van der Waals surface area contributed by atoms with Gasteiger partial charge in [0.2, 0.25) is 0 Å². The molecule has 0 N–H and O–H groups in total. The van der Waals surface area contributed by atoms with Gasteiger partial charge in [-0.1, -0.05) is 48.2 Å². The predicted molar refractivity (Wildman–Crippen MR) is 121 cm³/mol. The second-order valence-electron chi connectivity index (χ2n) is 7.27. The van der Waals surface area contributed by atoms with Gasteiger partial charge < -0.3 is 8.98 Å². The average molecular weight is 418 g/mol. The van der Waals surface area contributed by atoms with E-state index < -0.39 is 0 Å². The highest BCUT2D eigenvalue weighted by Crippen LogP contribution is 2.28. The summed E-state index contributed by atoms with van der Waals surface area (Å²) in [6, 6.07) is 15.8. The summed E-state index contributed by atoms with van der Waals surface area (Å²) in [5, 5.41) is 10.6. The first-order chi connectivity index (χ1) is 14.5. The monoisotopic (exact) mass is 417 g/mol. The SMILES string of the molecule is C=CCn1c(Cc2ccccc2)nnc1SCc1cc(=O)oc2cc(C)c(C)cc12. The molecule has 2 aromatic heterocycles. The standard InChI is InChI=1S/C24H23N3O2S/c1-4-10-27-22(13-18-8-6-5-7-9-18)25-26-24(27)30-15-19-14-23(28)29-21-12-17(3)16(2)11-20(19)21/h4-9,11-12,14H,1,10,13,15H2,2-3H3. The minimum Gasteiger partial charge on any atom is -0.423 e. The molecule has 0 saturated heterocycles. The molecule has 0 saturated carbocycles. The van der Waals surface area contributed by atoms with E-state index in [0.29, 0.717) is 24.3 Å². The lowest BCUT2D eigenvalue weighted by Gasteiger charge is -2.10. The van der Waals surface area contributed by atoms with E-state index >= 15 is 0 Å². The molecule has 30 heavy (non-hydrogen) atoms. The molecule has 4 rings (SSSR count). The third kappa shape index (κ3) is 4.24. The van der Waals surface area contributed by atoms with E-state index in [-0.39, 0.29) is 5.63 Å². The second kappa shape index (κ2) is 8.71. The van der Waals surface area contributed by atoms with E-state index in [9.17, 15) is 4.79 Å². The molecular weight excluding hydrogens is 394 g/mol. The van der Waals surface area contributed by atoms with Gasteiger partial charge in [-0.2, -0.15) is 0 Å². The molecule has 2 heterocycles. The number of hydrogen-bond acceptors (Lipinski definition) is 5. The maximum atomic E-state index is 12.1. The van der Waals surface area contributed by atoms with Crippen molar-refractivity contribution in [2.45, 2.75) is 37.7 Å². The molecule has 2 aromatic carbocycles. The van der Waals surface area contributed by atoms with Crippen LogP contribution in [0.2, 0.25) is 0 Å². The molecule has 0 unspecified atom stereocenters. The molecule has 0 aliphatic rings. The third-order valence-corrected chi connectivity index (χ3v) is 6.13. The smallest absolute Gasteiger partial charge is 0.336 e. The van der Waals surface area contributed by atoms with Crippen LogP contribution in [0.3, 0.4) is 0 Å². The summed E-state index contributed by atoms with van der Waals surface area (Å²) >= 11 is 1.57. The summed E-state index contributed by atoms with van der Waals surface area (Å²) in [6.45, 7) is 8.59. The molecule has 0 fully saturated rings. The van der Waals surface area contributed by atoms with Crippen molar-refractivity contribution >= 4 is 22.7 Å². The van der Waals surface area contributed by atoms with E-state index in [4.69, 9.17) is 4.42 Å². The van der Waals surface area contributed by atoms with Gasteiger partial charge in [0.15, 0.2) is 5.16 Å². The largest absolute Gasteiger partial charge is 0.423 e. The lowest BCUT2D eigenvalue weighted by atomic mass is 10.0. The van der Waals surface area contributed by atoms with Gasteiger partial charge in [0.05, 0.1) is 0 Å². The summed E-state index contributed by atoms with van der Waals surface area (Å²) < 4.78 is 7.49. The van der Waals surface area contributed by atoms with Crippen molar-refractivity contribution in [3.63, 3.8) is 0 Å². The Hall–Kier alpha value is -3.12. The Balaban J connectivity index is 1.63. The van der Waals surface area contributed by atoms with Crippen LogP contribution in [-0.2, 0) is 18.7 Å². The molecule has 4 aromatic rings. The fourth-order valence-corrected chi connectivity index (χ4v) is 4.35. The number of allylic oxidation sites excluding steroid dienone is 1.